The van der Waals surface area contributed by atoms with Crippen molar-refractivity contribution in [1.82, 2.24) is 10.0 Å². The van der Waals surface area contributed by atoms with Gasteiger partial charge < -0.3 is 4.57 Å². The van der Waals surface area contributed by atoms with Gasteiger partial charge >= 0.3 is 0 Å². The Balaban J connectivity index is 2.69. The van der Waals surface area contributed by atoms with Crippen molar-refractivity contribution >= 4 is 28.1 Å². The third-order valence-corrected chi connectivity index (χ3v) is 3.73. The van der Waals surface area contributed by atoms with Crippen molar-refractivity contribution in [3.63, 3.8) is 0 Å². The molecule has 0 bridgehead atoms. The number of rotatable bonds is 3. The Hall–Kier alpha value is -1.39. The van der Waals surface area contributed by atoms with Crippen molar-refractivity contribution in [2.45, 2.75) is 39.7 Å². The van der Waals surface area contributed by atoms with Crippen LogP contribution in [0.2, 0.25) is 0 Å². The van der Waals surface area contributed by atoms with E-state index in [2.05, 4.69) is 44.5 Å². The molecule has 0 unspecified atom stereocenters. The first kappa shape index (κ1) is 14.0. The van der Waals surface area contributed by atoms with Crippen LogP contribution in [0.25, 0.3) is 10.9 Å². The lowest BCUT2D eigenvalue weighted by atomic mass is 10.0. The van der Waals surface area contributed by atoms with E-state index in [1.807, 2.05) is 17.6 Å². The molecular weight excluding hydrogens is 256 g/mol. The minimum atomic E-state index is 0.351. The first-order valence-electron chi connectivity index (χ1n) is 6.54. The number of fused-ring (bicyclic) bond motifs is 1. The van der Waals surface area contributed by atoms with E-state index >= 15 is 0 Å². The number of hydroxylamine groups is 1. The van der Waals surface area contributed by atoms with Crippen LogP contribution < -0.4 is 5.48 Å². The van der Waals surface area contributed by atoms with Crippen LogP contribution in [0.5, 0.6) is 0 Å². The monoisotopic (exact) mass is 276 g/mol. The smallest absolute Gasteiger partial charge is 0.130 e. The molecule has 102 valence electrons. The summed E-state index contributed by atoms with van der Waals surface area (Å²) in [7, 11) is 0. The number of nitrogens with one attached hydrogen (secondary N) is 1. The summed E-state index contributed by atoms with van der Waals surface area (Å²) >= 11 is 5.08. The van der Waals surface area contributed by atoms with E-state index in [4.69, 9.17) is 17.4 Å². The third kappa shape index (κ3) is 2.51. The fourth-order valence-corrected chi connectivity index (χ4v) is 2.50. The molecule has 0 radical (unpaired) electrons. The van der Waals surface area contributed by atoms with Crippen LogP contribution in [-0.4, -0.2) is 14.8 Å². The van der Waals surface area contributed by atoms with Crippen molar-refractivity contribution in [1.29, 1.82) is 0 Å². The second-order valence-corrected chi connectivity index (χ2v) is 5.82. The lowest BCUT2D eigenvalue weighted by molar-refractivity contribution is 0.238. The second kappa shape index (κ2) is 5.31. The summed E-state index contributed by atoms with van der Waals surface area (Å²) in [6, 6.07) is 6.46. The van der Waals surface area contributed by atoms with Gasteiger partial charge in [-0.15, -0.1) is 0 Å². The Labute approximate surface area is 119 Å². The van der Waals surface area contributed by atoms with Gasteiger partial charge in [0.15, 0.2) is 0 Å². The molecule has 4 heteroatoms. The van der Waals surface area contributed by atoms with Gasteiger partial charge in [-0.2, -0.15) is 0 Å². The maximum absolute atomic E-state index is 8.93. The van der Waals surface area contributed by atoms with Crippen LogP contribution >= 0.6 is 12.2 Å². The Kier molecular flexibility index (Phi) is 3.92. The first-order chi connectivity index (χ1) is 8.95. The molecule has 2 N–H and O–H groups in total. The highest BCUT2D eigenvalue weighted by Gasteiger charge is 2.14. The summed E-state index contributed by atoms with van der Waals surface area (Å²) in [5, 5.41) is 10.2. The number of nitrogens with zero attached hydrogens (tertiary/aromatic N) is 1. The highest BCUT2D eigenvalue weighted by Crippen LogP contribution is 2.30. The molecule has 0 amide bonds. The number of thiocarbonyl (C=S) groups is 1. The van der Waals surface area contributed by atoms with Crippen molar-refractivity contribution in [3.05, 3.63) is 35.5 Å². The van der Waals surface area contributed by atoms with E-state index in [-0.39, 0.29) is 0 Å². The fourth-order valence-electron chi connectivity index (χ4n) is 2.37. The molecule has 2 rings (SSSR count). The second-order valence-electron chi connectivity index (χ2n) is 5.41. The molecule has 0 saturated carbocycles. The molecule has 2 aromatic rings. The van der Waals surface area contributed by atoms with E-state index < -0.39 is 0 Å². The van der Waals surface area contributed by atoms with Gasteiger partial charge in [0.1, 0.15) is 4.99 Å². The Morgan fingerprint density at radius 2 is 1.95 bits per heavy atom. The Morgan fingerprint density at radius 1 is 1.26 bits per heavy atom. The quantitative estimate of drug-likeness (QED) is 0.657. The summed E-state index contributed by atoms with van der Waals surface area (Å²) in [4.78, 5) is 0.351. The van der Waals surface area contributed by atoms with E-state index in [0.29, 0.717) is 16.9 Å². The largest absolute Gasteiger partial charge is 0.345 e. The summed E-state index contributed by atoms with van der Waals surface area (Å²) in [6.45, 7) is 8.73. The molecule has 1 heterocycles. The predicted octanol–water partition coefficient (Wildman–Crippen LogP) is 4.00. The van der Waals surface area contributed by atoms with Gasteiger partial charge in [0.25, 0.3) is 0 Å². The van der Waals surface area contributed by atoms with Crippen molar-refractivity contribution < 1.29 is 5.21 Å². The van der Waals surface area contributed by atoms with E-state index in [1.165, 1.54) is 10.9 Å². The molecule has 0 aliphatic carbocycles. The highest BCUT2D eigenvalue weighted by atomic mass is 32.1. The molecule has 0 saturated heterocycles. The molecular formula is C15H20N2OS. The maximum atomic E-state index is 8.93. The van der Waals surface area contributed by atoms with E-state index in [9.17, 15) is 0 Å². The lowest BCUT2D eigenvalue weighted by Gasteiger charge is -2.10. The van der Waals surface area contributed by atoms with Gasteiger partial charge in [-0.25, -0.2) is 0 Å². The SMILES string of the molecule is CC(C)c1cn(C(C)C)c2cc(C(=S)NO)ccc12. The van der Waals surface area contributed by atoms with E-state index in [1.54, 1.807) is 0 Å². The van der Waals surface area contributed by atoms with Crippen molar-refractivity contribution in [3.8, 4) is 0 Å². The molecule has 0 aliphatic heterocycles. The topological polar surface area (TPSA) is 37.2 Å². The first-order valence-corrected chi connectivity index (χ1v) is 6.95. The molecule has 1 aromatic carbocycles. The van der Waals surface area contributed by atoms with E-state index in [0.717, 1.165) is 11.1 Å². The number of aromatic nitrogens is 1. The molecule has 19 heavy (non-hydrogen) atoms. The molecule has 0 aliphatic rings. The lowest BCUT2D eigenvalue weighted by Crippen LogP contribution is -2.17. The predicted molar refractivity (Wildman–Crippen MR) is 83.0 cm³/mol. The van der Waals surface area contributed by atoms with Crippen LogP contribution in [0.3, 0.4) is 0 Å². The number of hydrogen-bond acceptors (Lipinski definition) is 2. The van der Waals surface area contributed by atoms with Gasteiger partial charge in [0.05, 0.1) is 0 Å². The minimum Gasteiger partial charge on any atom is -0.345 e. The Morgan fingerprint density at radius 3 is 2.47 bits per heavy atom. The van der Waals surface area contributed by atoms with Crippen LogP contribution in [0, 0.1) is 0 Å². The summed E-state index contributed by atoms with van der Waals surface area (Å²) in [5.41, 5.74) is 5.39. The molecule has 1 aromatic heterocycles. The highest BCUT2D eigenvalue weighted by molar-refractivity contribution is 7.80. The fraction of sp³-hybridized carbons (Fsp3) is 0.400. The van der Waals surface area contributed by atoms with Crippen LogP contribution in [0.4, 0.5) is 0 Å². The van der Waals surface area contributed by atoms with Crippen molar-refractivity contribution in [2.75, 3.05) is 0 Å². The molecule has 0 atom stereocenters. The normalized spacial score (nSPS) is 11.5. The van der Waals surface area contributed by atoms with Gasteiger partial charge in [-0.05, 0) is 31.4 Å². The summed E-state index contributed by atoms with van der Waals surface area (Å²) in [5.74, 6) is 0.483. The van der Waals surface area contributed by atoms with Gasteiger partial charge in [0.2, 0.25) is 0 Å². The van der Waals surface area contributed by atoms with Crippen LogP contribution in [0.15, 0.2) is 24.4 Å². The zero-order chi connectivity index (χ0) is 14.2. The summed E-state index contributed by atoms with van der Waals surface area (Å²) < 4.78 is 2.26. The number of benzene rings is 1. The zero-order valence-corrected chi connectivity index (χ0v) is 12.6. The van der Waals surface area contributed by atoms with Crippen LogP contribution in [-0.2, 0) is 0 Å². The number of hydrogen-bond donors (Lipinski definition) is 2. The molecule has 3 nitrogen and oxygen atoms in total. The maximum Gasteiger partial charge on any atom is 0.130 e. The van der Waals surface area contributed by atoms with Gasteiger partial charge in [-0.3, -0.25) is 10.7 Å². The van der Waals surface area contributed by atoms with Crippen molar-refractivity contribution in [2.24, 2.45) is 0 Å². The molecule has 0 fully saturated rings. The summed E-state index contributed by atoms with van der Waals surface area (Å²) in [6.07, 6.45) is 2.22. The van der Waals surface area contributed by atoms with Gasteiger partial charge in [-0.1, -0.05) is 38.2 Å². The minimum absolute atomic E-state index is 0.351. The standard InChI is InChI=1S/C15H20N2OS/c1-9(2)13-8-17(10(3)4)14-7-11(15(19)16-18)5-6-12(13)14/h5-10,18H,1-4H3,(H,16,19). The van der Waals surface area contributed by atoms with Crippen LogP contribution in [0.1, 0.15) is 50.8 Å². The van der Waals surface area contributed by atoms with Gasteiger partial charge in [0, 0.05) is 28.7 Å². The Bertz CT molecular complexity index is 614. The average molecular weight is 276 g/mol. The molecule has 0 spiro atoms. The zero-order valence-electron chi connectivity index (χ0n) is 11.8. The third-order valence-electron chi connectivity index (χ3n) is 3.41. The average Bonchev–Trinajstić information content (AvgIpc) is 2.76.